The van der Waals surface area contributed by atoms with Crippen molar-refractivity contribution in [2.24, 2.45) is 5.73 Å². The van der Waals surface area contributed by atoms with Crippen LogP contribution < -0.4 is 11.5 Å². The Balaban J connectivity index is 2.90. The number of carbonyl (C=O) groups excluding carboxylic acids is 1. The number of primary amides is 1. The molecule has 0 aromatic carbocycles. The molecule has 0 fully saturated rings. The lowest BCUT2D eigenvalue weighted by atomic mass is 10.2. The highest BCUT2D eigenvalue weighted by Gasteiger charge is 2.13. The van der Waals surface area contributed by atoms with Crippen LogP contribution in [0.3, 0.4) is 0 Å². The van der Waals surface area contributed by atoms with E-state index in [1.54, 1.807) is 0 Å². The Labute approximate surface area is 98.2 Å². The SMILES string of the molecule is CC(CCO)Sc1ncc(N)cc1C(N)=O. The maximum absolute atomic E-state index is 11.2. The van der Waals surface area contributed by atoms with E-state index in [2.05, 4.69) is 4.98 Å². The second-order valence-corrected chi connectivity index (χ2v) is 4.85. The molecule has 1 heterocycles. The van der Waals surface area contributed by atoms with Crippen LogP contribution in [0.1, 0.15) is 23.7 Å². The maximum Gasteiger partial charge on any atom is 0.251 e. The summed E-state index contributed by atoms with van der Waals surface area (Å²) in [6, 6.07) is 1.52. The Morgan fingerprint density at radius 3 is 2.94 bits per heavy atom. The summed E-state index contributed by atoms with van der Waals surface area (Å²) in [6.07, 6.45) is 2.12. The smallest absolute Gasteiger partial charge is 0.251 e. The minimum atomic E-state index is -0.543. The fourth-order valence-electron chi connectivity index (χ4n) is 1.17. The van der Waals surface area contributed by atoms with Gasteiger partial charge in [-0.1, -0.05) is 6.92 Å². The molecule has 0 saturated heterocycles. The molecule has 0 aliphatic heterocycles. The molecule has 0 saturated carbocycles. The number of hydrogen-bond donors (Lipinski definition) is 3. The first-order valence-electron chi connectivity index (χ1n) is 4.87. The number of nitrogen functional groups attached to an aromatic ring is 1. The summed E-state index contributed by atoms with van der Waals surface area (Å²) in [6.45, 7) is 2.05. The summed E-state index contributed by atoms with van der Waals surface area (Å²) >= 11 is 1.40. The largest absolute Gasteiger partial charge is 0.397 e. The molecular weight excluding hydrogens is 226 g/mol. The van der Waals surface area contributed by atoms with Crippen LogP contribution in [0.4, 0.5) is 5.69 Å². The van der Waals surface area contributed by atoms with Crippen LogP contribution in [0.15, 0.2) is 17.3 Å². The van der Waals surface area contributed by atoms with Crippen molar-refractivity contribution in [2.75, 3.05) is 12.3 Å². The first-order valence-corrected chi connectivity index (χ1v) is 5.75. The van der Waals surface area contributed by atoms with Gasteiger partial charge < -0.3 is 16.6 Å². The molecular formula is C10H15N3O2S. The number of anilines is 1. The monoisotopic (exact) mass is 241 g/mol. The van der Waals surface area contributed by atoms with E-state index in [1.807, 2.05) is 6.92 Å². The molecule has 0 radical (unpaired) electrons. The van der Waals surface area contributed by atoms with E-state index in [1.165, 1.54) is 24.0 Å². The molecule has 1 atom stereocenters. The zero-order valence-corrected chi connectivity index (χ0v) is 9.83. The average molecular weight is 241 g/mol. The van der Waals surface area contributed by atoms with Gasteiger partial charge in [-0.25, -0.2) is 4.98 Å². The van der Waals surface area contributed by atoms with Gasteiger partial charge in [0.2, 0.25) is 0 Å². The van der Waals surface area contributed by atoms with Crippen LogP contribution >= 0.6 is 11.8 Å². The Morgan fingerprint density at radius 1 is 1.69 bits per heavy atom. The van der Waals surface area contributed by atoms with E-state index >= 15 is 0 Å². The standard InChI is InChI=1S/C10H15N3O2S/c1-6(2-3-14)16-10-8(9(12)15)4-7(11)5-13-10/h4-6,14H,2-3,11H2,1H3,(H2,12,15). The number of nitrogens with two attached hydrogens (primary N) is 2. The summed E-state index contributed by atoms with van der Waals surface area (Å²) < 4.78 is 0. The van der Waals surface area contributed by atoms with Crippen LogP contribution in [-0.4, -0.2) is 27.9 Å². The van der Waals surface area contributed by atoms with Crippen molar-refractivity contribution in [1.82, 2.24) is 4.98 Å². The van der Waals surface area contributed by atoms with Gasteiger partial charge in [0.1, 0.15) is 5.03 Å². The number of amides is 1. The summed E-state index contributed by atoms with van der Waals surface area (Å²) in [5.74, 6) is -0.543. The molecule has 5 N–H and O–H groups in total. The van der Waals surface area contributed by atoms with Gasteiger partial charge in [0.25, 0.3) is 5.91 Å². The summed E-state index contributed by atoms with van der Waals surface area (Å²) in [7, 11) is 0. The Bertz CT molecular complexity index is 384. The molecule has 0 aliphatic rings. The number of aliphatic hydroxyl groups excluding tert-OH is 1. The number of carbonyl (C=O) groups is 1. The van der Waals surface area contributed by atoms with Crippen LogP contribution in [0, 0.1) is 0 Å². The molecule has 1 amide bonds. The fraction of sp³-hybridized carbons (Fsp3) is 0.400. The Morgan fingerprint density at radius 2 is 2.38 bits per heavy atom. The van der Waals surface area contributed by atoms with Crippen LogP contribution in [-0.2, 0) is 0 Å². The van der Waals surface area contributed by atoms with E-state index in [4.69, 9.17) is 16.6 Å². The zero-order chi connectivity index (χ0) is 12.1. The van der Waals surface area contributed by atoms with E-state index in [0.29, 0.717) is 22.7 Å². The van der Waals surface area contributed by atoms with Crippen molar-refractivity contribution in [1.29, 1.82) is 0 Å². The number of hydrogen-bond acceptors (Lipinski definition) is 5. The number of aromatic nitrogens is 1. The molecule has 0 aliphatic carbocycles. The van der Waals surface area contributed by atoms with Gasteiger partial charge in [0.15, 0.2) is 0 Å². The number of rotatable bonds is 5. The van der Waals surface area contributed by atoms with E-state index in [-0.39, 0.29) is 11.9 Å². The highest BCUT2D eigenvalue weighted by atomic mass is 32.2. The highest BCUT2D eigenvalue weighted by Crippen LogP contribution is 2.27. The van der Waals surface area contributed by atoms with Crippen LogP contribution in [0.25, 0.3) is 0 Å². The molecule has 1 unspecified atom stereocenters. The zero-order valence-electron chi connectivity index (χ0n) is 9.01. The lowest BCUT2D eigenvalue weighted by Gasteiger charge is -2.11. The van der Waals surface area contributed by atoms with Crippen LogP contribution in [0.5, 0.6) is 0 Å². The van der Waals surface area contributed by atoms with Crippen molar-refractivity contribution in [3.63, 3.8) is 0 Å². The van der Waals surface area contributed by atoms with Crippen molar-refractivity contribution >= 4 is 23.4 Å². The molecule has 5 nitrogen and oxygen atoms in total. The normalized spacial score (nSPS) is 12.4. The van der Waals surface area contributed by atoms with Crippen molar-refractivity contribution in [3.8, 4) is 0 Å². The van der Waals surface area contributed by atoms with Gasteiger partial charge in [-0.3, -0.25) is 4.79 Å². The quantitative estimate of drug-likeness (QED) is 0.656. The topological polar surface area (TPSA) is 102 Å². The number of aliphatic hydroxyl groups is 1. The second-order valence-electron chi connectivity index (χ2n) is 3.43. The lowest BCUT2D eigenvalue weighted by molar-refractivity contribution is 0.0997. The molecule has 1 aromatic heterocycles. The first-order chi connectivity index (χ1) is 7.54. The number of nitrogens with zero attached hydrogens (tertiary/aromatic N) is 1. The number of pyridine rings is 1. The summed E-state index contributed by atoms with van der Waals surface area (Å²) in [4.78, 5) is 15.3. The number of thioether (sulfide) groups is 1. The lowest BCUT2D eigenvalue weighted by Crippen LogP contribution is -2.14. The molecule has 88 valence electrons. The van der Waals surface area contributed by atoms with Crippen molar-refractivity contribution in [3.05, 3.63) is 17.8 Å². The predicted octanol–water partition coefficient (Wildman–Crippen LogP) is 0.626. The minimum Gasteiger partial charge on any atom is -0.397 e. The van der Waals surface area contributed by atoms with Gasteiger partial charge in [-0.05, 0) is 12.5 Å². The molecule has 1 rings (SSSR count). The Hall–Kier alpha value is -1.27. The third kappa shape index (κ3) is 3.39. The van der Waals surface area contributed by atoms with Gasteiger partial charge in [-0.15, -0.1) is 11.8 Å². The minimum absolute atomic E-state index is 0.106. The Kier molecular flexibility index (Phi) is 4.57. The molecule has 6 heteroatoms. The van der Waals surface area contributed by atoms with Gasteiger partial charge in [-0.2, -0.15) is 0 Å². The van der Waals surface area contributed by atoms with E-state index in [0.717, 1.165) is 0 Å². The van der Waals surface area contributed by atoms with Crippen molar-refractivity contribution in [2.45, 2.75) is 23.6 Å². The second kappa shape index (κ2) is 5.72. The van der Waals surface area contributed by atoms with E-state index in [9.17, 15) is 4.79 Å². The predicted molar refractivity (Wildman–Crippen MR) is 64.2 cm³/mol. The average Bonchev–Trinajstić information content (AvgIpc) is 2.20. The van der Waals surface area contributed by atoms with Gasteiger partial charge >= 0.3 is 0 Å². The third-order valence-electron chi connectivity index (χ3n) is 1.99. The maximum atomic E-state index is 11.2. The van der Waals surface area contributed by atoms with Crippen molar-refractivity contribution < 1.29 is 9.90 Å². The third-order valence-corrected chi connectivity index (χ3v) is 3.17. The van der Waals surface area contributed by atoms with Crippen LogP contribution in [0.2, 0.25) is 0 Å². The molecule has 0 bridgehead atoms. The van der Waals surface area contributed by atoms with Gasteiger partial charge in [0, 0.05) is 11.9 Å². The first kappa shape index (κ1) is 12.8. The summed E-state index contributed by atoms with van der Waals surface area (Å²) in [5.41, 5.74) is 11.5. The molecule has 0 spiro atoms. The fourth-order valence-corrected chi connectivity index (χ4v) is 2.17. The molecule has 1 aromatic rings. The van der Waals surface area contributed by atoms with Gasteiger partial charge in [0.05, 0.1) is 17.4 Å². The van der Waals surface area contributed by atoms with E-state index < -0.39 is 5.91 Å². The molecule has 16 heavy (non-hydrogen) atoms. The summed E-state index contributed by atoms with van der Waals surface area (Å²) in [5, 5.41) is 9.52. The highest BCUT2D eigenvalue weighted by molar-refractivity contribution is 7.99.